The Balaban J connectivity index is 1.25. The second-order valence-corrected chi connectivity index (χ2v) is 8.89. The largest absolute Gasteiger partial charge is 0.345 e. The van der Waals surface area contributed by atoms with Crippen molar-refractivity contribution in [3.8, 4) is 0 Å². The van der Waals surface area contributed by atoms with Crippen LogP contribution in [0.25, 0.3) is 0 Å². The number of nitrogens with zero attached hydrogens (tertiary/aromatic N) is 5. The standard InChI is InChI=1S/C25H22ClN7O2S/c1-33-22(15-27-24(35)20-9-5-6-10-21(20)26)31-32-25(33)36-16-23(34)28-17-11-13-19(14-12-17)30-29-18-7-3-2-4-8-18/h2-14H,15-16H2,1H3,(H,27,35)(H,28,34). The summed E-state index contributed by atoms with van der Waals surface area (Å²) in [4.78, 5) is 24.7. The minimum atomic E-state index is -0.301. The maximum absolute atomic E-state index is 12.4. The van der Waals surface area contributed by atoms with Crippen LogP contribution in [0.2, 0.25) is 5.02 Å². The van der Waals surface area contributed by atoms with Crippen molar-refractivity contribution in [2.75, 3.05) is 11.1 Å². The fraction of sp³-hybridized carbons (Fsp3) is 0.120. The Morgan fingerprint density at radius 3 is 2.31 bits per heavy atom. The molecular weight excluding hydrogens is 498 g/mol. The molecule has 0 saturated heterocycles. The molecule has 0 spiro atoms. The Morgan fingerprint density at radius 2 is 1.58 bits per heavy atom. The molecule has 0 fully saturated rings. The van der Waals surface area contributed by atoms with Crippen LogP contribution in [-0.2, 0) is 18.4 Å². The van der Waals surface area contributed by atoms with Crippen LogP contribution < -0.4 is 10.6 Å². The summed E-state index contributed by atoms with van der Waals surface area (Å²) in [6.07, 6.45) is 0. The molecule has 0 unspecified atom stereocenters. The number of azo groups is 1. The highest BCUT2D eigenvalue weighted by molar-refractivity contribution is 7.99. The van der Waals surface area contributed by atoms with E-state index >= 15 is 0 Å². The zero-order valence-corrected chi connectivity index (χ0v) is 20.8. The van der Waals surface area contributed by atoms with Gasteiger partial charge in [0.2, 0.25) is 5.91 Å². The monoisotopic (exact) mass is 519 g/mol. The summed E-state index contributed by atoms with van der Waals surface area (Å²) >= 11 is 7.31. The number of hydrogen-bond acceptors (Lipinski definition) is 7. The van der Waals surface area contributed by atoms with Gasteiger partial charge in [0, 0.05) is 12.7 Å². The molecule has 0 aliphatic heterocycles. The minimum absolute atomic E-state index is 0.146. The average molecular weight is 520 g/mol. The average Bonchev–Trinajstić information content (AvgIpc) is 3.25. The fourth-order valence-electron chi connectivity index (χ4n) is 3.07. The molecule has 0 bridgehead atoms. The van der Waals surface area contributed by atoms with E-state index in [0.29, 0.717) is 32.9 Å². The first kappa shape index (κ1) is 25.1. The van der Waals surface area contributed by atoms with Gasteiger partial charge in [-0.3, -0.25) is 9.59 Å². The van der Waals surface area contributed by atoms with Crippen LogP contribution in [0.15, 0.2) is 94.2 Å². The topological polar surface area (TPSA) is 114 Å². The van der Waals surface area contributed by atoms with Crippen LogP contribution >= 0.6 is 23.4 Å². The number of amides is 2. The van der Waals surface area contributed by atoms with Crippen LogP contribution in [0.1, 0.15) is 16.2 Å². The van der Waals surface area contributed by atoms with E-state index in [0.717, 1.165) is 5.69 Å². The van der Waals surface area contributed by atoms with E-state index < -0.39 is 0 Å². The number of carbonyl (C=O) groups excluding carboxylic acids is 2. The van der Waals surface area contributed by atoms with Crippen LogP contribution in [0.4, 0.5) is 17.1 Å². The summed E-state index contributed by atoms with van der Waals surface area (Å²) in [6.45, 7) is 0.175. The number of benzene rings is 3. The number of aromatic nitrogens is 3. The number of hydrogen-bond donors (Lipinski definition) is 2. The molecule has 36 heavy (non-hydrogen) atoms. The summed E-state index contributed by atoms with van der Waals surface area (Å²) in [5.41, 5.74) is 2.49. The van der Waals surface area contributed by atoms with Crippen molar-refractivity contribution in [1.29, 1.82) is 0 Å². The molecule has 4 aromatic rings. The van der Waals surface area contributed by atoms with Gasteiger partial charge >= 0.3 is 0 Å². The van der Waals surface area contributed by atoms with Gasteiger partial charge in [-0.2, -0.15) is 10.2 Å². The highest BCUT2D eigenvalue weighted by atomic mass is 35.5. The highest BCUT2D eigenvalue weighted by Gasteiger charge is 2.14. The van der Waals surface area contributed by atoms with Gasteiger partial charge < -0.3 is 15.2 Å². The van der Waals surface area contributed by atoms with E-state index in [2.05, 4.69) is 31.1 Å². The lowest BCUT2D eigenvalue weighted by atomic mass is 10.2. The maximum atomic E-state index is 12.4. The SMILES string of the molecule is Cn1c(CNC(=O)c2ccccc2Cl)nnc1SCC(=O)Nc1ccc(N=Nc2ccccc2)cc1. The molecule has 0 atom stereocenters. The van der Waals surface area contributed by atoms with Crippen molar-refractivity contribution in [3.63, 3.8) is 0 Å². The van der Waals surface area contributed by atoms with Gasteiger partial charge in [-0.05, 0) is 48.5 Å². The zero-order valence-electron chi connectivity index (χ0n) is 19.3. The summed E-state index contributed by atoms with van der Waals surface area (Å²) in [5.74, 6) is 0.214. The Morgan fingerprint density at radius 1 is 0.917 bits per heavy atom. The third-order valence-electron chi connectivity index (χ3n) is 4.97. The molecule has 3 aromatic carbocycles. The molecular formula is C25H22ClN7O2S. The predicted molar refractivity (Wildman–Crippen MR) is 140 cm³/mol. The minimum Gasteiger partial charge on any atom is -0.345 e. The molecule has 4 rings (SSSR count). The number of halogens is 1. The first-order valence-electron chi connectivity index (χ1n) is 10.9. The number of thioether (sulfide) groups is 1. The Bertz CT molecular complexity index is 1370. The Labute approximate surface area is 217 Å². The predicted octanol–water partition coefficient (Wildman–Crippen LogP) is 5.54. The highest BCUT2D eigenvalue weighted by Crippen LogP contribution is 2.21. The van der Waals surface area contributed by atoms with E-state index in [4.69, 9.17) is 11.6 Å². The van der Waals surface area contributed by atoms with Crippen LogP contribution in [0.3, 0.4) is 0 Å². The van der Waals surface area contributed by atoms with Crippen LogP contribution in [0.5, 0.6) is 0 Å². The first-order valence-corrected chi connectivity index (χ1v) is 12.3. The first-order chi connectivity index (χ1) is 17.5. The van der Waals surface area contributed by atoms with Crippen molar-refractivity contribution in [3.05, 3.63) is 95.3 Å². The third kappa shape index (κ3) is 6.77. The molecule has 9 nitrogen and oxygen atoms in total. The lowest BCUT2D eigenvalue weighted by Crippen LogP contribution is -2.24. The second-order valence-electron chi connectivity index (χ2n) is 7.54. The number of rotatable bonds is 9. The number of nitrogens with one attached hydrogen (secondary N) is 2. The molecule has 0 saturated carbocycles. The normalized spacial score (nSPS) is 10.9. The molecule has 182 valence electrons. The smallest absolute Gasteiger partial charge is 0.253 e. The Hall–Kier alpha value is -4.02. The molecule has 0 radical (unpaired) electrons. The van der Waals surface area contributed by atoms with Crippen molar-refractivity contribution in [2.45, 2.75) is 11.7 Å². The van der Waals surface area contributed by atoms with E-state index in [1.807, 2.05) is 30.3 Å². The summed E-state index contributed by atoms with van der Waals surface area (Å²) in [7, 11) is 1.78. The van der Waals surface area contributed by atoms with Crippen LogP contribution in [0, 0.1) is 0 Å². The van der Waals surface area contributed by atoms with Crippen molar-refractivity contribution in [2.24, 2.45) is 17.3 Å². The zero-order chi connectivity index (χ0) is 25.3. The van der Waals surface area contributed by atoms with Crippen LogP contribution in [-0.4, -0.2) is 32.3 Å². The molecule has 2 N–H and O–H groups in total. The van der Waals surface area contributed by atoms with Crippen molar-refractivity contribution >= 4 is 52.2 Å². The van der Waals surface area contributed by atoms with Gasteiger partial charge in [0.1, 0.15) is 0 Å². The molecule has 0 aliphatic rings. The second kappa shape index (κ2) is 12.1. The molecule has 1 heterocycles. The summed E-state index contributed by atoms with van der Waals surface area (Å²) in [6, 6.07) is 23.3. The number of carbonyl (C=O) groups is 2. The molecule has 1 aromatic heterocycles. The van der Waals surface area contributed by atoms with Gasteiger partial charge in [0.15, 0.2) is 11.0 Å². The maximum Gasteiger partial charge on any atom is 0.253 e. The van der Waals surface area contributed by atoms with Gasteiger partial charge in [0.05, 0.1) is 34.3 Å². The van der Waals surface area contributed by atoms with Crippen molar-refractivity contribution < 1.29 is 9.59 Å². The van der Waals surface area contributed by atoms with Gasteiger partial charge in [-0.15, -0.1) is 10.2 Å². The molecule has 11 heteroatoms. The van der Waals surface area contributed by atoms with E-state index in [-0.39, 0.29) is 24.1 Å². The van der Waals surface area contributed by atoms with E-state index in [1.54, 1.807) is 60.1 Å². The lowest BCUT2D eigenvalue weighted by Gasteiger charge is -2.07. The lowest BCUT2D eigenvalue weighted by molar-refractivity contribution is -0.113. The van der Waals surface area contributed by atoms with E-state index in [1.165, 1.54) is 11.8 Å². The fourth-order valence-corrected chi connectivity index (χ4v) is 4.02. The molecule has 2 amide bonds. The van der Waals surface area contributed by atoms with E-state index in [9.17, 15) is 9.59 Å². The summed E-state index contributed by atoms with van der Waals surface area (Å²) in [5, 5.41) is 23.1. The van der Waals surface area contributed by atoms with Gasteiger partial charge in [0.25, 0.3) is 5.91 Å². The molecule has 0 aliphatic carbocycles. The quantitative estimate of drug-likeness (QED) is 0.222. The van der Waals surface area contributed by atoms with Gasteiger partial charge in [-0.1, -0.05) is 53.7 Å². The van der Waals surface area contributed by atoms with Crippen molar-refractivity contribution in [1.82, 2.24) is 20.1 Å². The third-order valence-corrected chi connectivity index (χ3v) is 6.32. The summed E-state index contributed by atoms with van der Waals surface area (Å²) < 4.78 is 1.73. The Kier molecular flexibility index (Phi) is 8.43. The van der Waals surface area contributed by atoms with Gasteiger partial charge in [-0.25, -0.2) is 0 Å². The number of anilines is 1.